The molecule has 2 aliphatic rings. The molecule has 7 heteroatoms. The summed E-state index contributed by atoms with van der Waals surface area (Å²) in [5, 5.41) is 7.70. The number of hydrogen-bond acceptors (Lipinski definition) is 4. The number of rotatable bonds is 3. The van der Waals surface area contributed by atoms with E-state index in [2.05, 4.69) is 15.3 Å². The second-order valence-corrected chi connectivity index (χ2v) is 5.71. The number of nitrogens with zero attached hydrogens (tertiary/aromatic N) is 4. The Balaban J connectivity index is 1.50. The molecule has 7 nitrogen and oxygen atoms in total. The summed E-state index contributed by atoms with van der Waals surface area (Å²) in [6.07, 6.45) is 5.60. The SMILES string of the molecule is O=C(c1cc(C2CC2)[nH]c(=O)c1)N1CC(n2ccnn2)C1. The fourth-order valence-electron chi connectivity index (χ4n) is 2.69. The van der Waals surface area contributed by atoms with Crippen molar-refractivity contribution in [1.29, 1.82) is 0 Å². The lowest BCUT2D eigenvalue weighted by molar-refractivity contribution is 0.0498. The smallest absolute Gasteiger partial charge is 0.254 e. The summed E-state index contributed by atoms with van der Waals surface area (Å²) in [5.41, 5.74) is 1.17. The van der Waals surface area contributed by atoms with Crippen LogP contribution in [0.3, 0.4) is 0 Å². The highest BCUT2D eigenvalue weighted by molar-refractivity contribution is 5.94. The minimum Gasteiger partial charge on any atom is -0.334 e. The summed E-state index contributed by atoms with van der Waals surface area (Å²) in [6.45, 7) is 1.21. The molecule has 2 aromatic heterocycles. The van der Waals surface area contributed by atoms with E-state index in [4.69, 9.17) is 0 Å². The molecule has 4 rings (SSSR count). The first-order chi connectivity index (χ1) is 10.2. The van der Waals surface area contributed by atoms with E-state index in [-0.39, 0.29) is 17.5 Å². The Morgan fingerprint density at radius 3 is 2.76 bits per heavy atom. The monoisotopic (exact) mass is 285 g/mol. The molecule has 0 spiro atoms. The molecular weight excluding hydrogens is 270 g/mol. The van der Waals surface area contributed by atoms with Gasteiger partial charge in [-0.25, -0.2) is 4.68 Å². The molecule has 1 amide bonds. The van der Waals surface area contributed by atoms with Gasteiger partial charge in [0.15, 0.2) is 0 Å². The van der Waals surface area contributed by atoms with Crippen LogP contribution in [-0.2, 0) is 0 Å². The molecule has 21 heavy (non-hydrogen) atoms. The number of carbonyl (C=O) groups excluding carboxylic acids is 1. The van der Waals surface area contributed by atoms with Gasteiger partial charge in [-0.2, -0.15) is 0 Å². The van der Waals surface area contributed by atoms with Gasteiger partial charge in [-0.15, -0.1) is 5.10 Å². The summed E-state index contributed by atoms with van der Waals surface area (Å²) >= 11 is 0. The summed E-state index contributed by atoms with van der Waals surface area (Å²) in [6, 6.07) is 3.39. The lowest BCUT2D eigenvalue weighted by Gasteiger charge is -2.38. The van der Waals surface area contributed by atoms with Crippen LogP contribution in [0.4, 0.5) is 0 Å². The van der Waals surface area contributed by atoms with E-state index in [0.29, 0.717) is 24.6 Å². The van der Waals surface area contributed by atoms with Crippen LogP contribution in [0, 0.1) is 0 Å². The molecule has 108 valence electrons. The first kappa shape index (κ1) is 12.3. The number of pyridine rings is 1. The fourth-order valence-corrected chi connectivity index (χ4v) is 2.69. The van der Waals surface area contributed by atoms with Gasteiger partial charge in [0.2, 0.25) is 5.56 Å². The zero-order valence-electron chi connectivity index (χ0n) is 11.4. The highest BCUT2D eigenvalue weighted by atomic mass is 16.2. The summed E-state index contributed by atoms with van der Waals surface area (Å²) in [4.78, 5) is 28.7. The minimum absolute atomic E-state index is 0.0839. The normalized spacial score (nSPS) is 18.6. The highest BCUT2D eigenvalue weighted by Gasteiger charge is 2.34. The maximum absolute atomic E-state index is 12.4. The Labute approximate surface area is 120 Å². The van der Waals surface area contributed by atoms with Crippen molar-refractivity contribution in [2.24, 2.45) is 0 Å². The quantitative estimate of drug-likeness (QED) is 0.892. The van der Waals surface area contributed by atoms with E-state index in [1.54, 1.807) is 22.0 Å². The standard InChI is InChI=1S/C14H15N5O2/c20-13-6-10(5-12(16-13)9-1-2-9)14(21)18-7-11(8-18)19-4-3-15-17-19/h3-6,9,11H,1-2,7-8H2,(H,16,20). The third kappa shape index (κ3) is 2.24. The van der Waals surface area contributed by atoms with Gasteiger partial charge in [0, 0.05) is 36.6 Å². The highest BCUT2D eigenvalue weighted by Crippen LogP contribution is 2.38. The van der Waals surface area contributed by atoms with E-state index < -0.39 is 0 Å². The number of amides is 1. The zero-order valence-corrected chi connectivity index (χ0v) is 11.4. The molecule has 2 fully saturated rings. The molecule has 1 N–H and O–H groups in total. The predicted molar refractivity (Wildman–Crippen MR) is 74.0 cm³/mol. The van der Waals surface area contributed by atoms with E-state index in [1.807, 2.05) is 6.07 Å². The maximum atomic E-state index is 12.4. The van der Waals surface area contributed by atoms with Gasteiger partial charge in [0.1, 0.15) is 0 Å². The van der Waals surface area contributed by atoms with Crippen LogP contribution in [0.2, 0.25) is 0 Å². The van der Waals surface area contributed by atoms with Crippen LogP contribution >= 0.6 is 0 Å². The van der Waals surface area contributed by atoms with Crippen molar-refractivity contribution in [2.45, 2.75) is 24.8 Å². The summed E-state index contributed by atoms with van der Waals surface area (Å²) in [5.74, 6) is 0.337. The van der Waals surface area contributed by atoms with Crippen LogP contribution in [0.15, 0.2) is 29.3 Å². The number of likely N-dealkylation sites (tertiary alicyclic amines) is 1. The number of carbonyl (C=O) groups is 1. The average Bonchev–Trinajstić information content (AvgIpc) is 3.14. The molecule has 1 aliphatic carbocycles. The second-order valence-electron chi connectivity index (χ2n) is 5.71. The Morgan fingerprint density at radius 2 is 2.10 bits per heavy atom. The molecule has 2 aromatic rings. The molecule has 0 radical (unpaired) electrons. The molecule has 0 bridgehead atoms. The van der Waals surface area contributed by atoms with Crippen LogP contribution in [0.1, 0.15) is 40.9 Å². The van der Waals surface area contributed by atoms with Crippen molar-refractivity contribution in [3.8, 4) is 0 Å². The zero-order chi connectivity index (χ0) is 14.4. The molecule has 1 saturated carbocycles. The number of hydrogen-bond donors (Lipinski definition) is 1. The van der Waals surface area contributed by atoms with Crippen LogP contribution in [0.5, 0.6) is 0 Å². The summed E-state index contributed by atoms with van der Waals surface area (Å²) < 4.78 is 1.76. The van der Waals surface area contributed by atoms with E-state index >= 15 is 0 Å². The third-order valence-corrected chi connectivity index (χ3v) is 4.09. The lowest BCUT2D eigenvalue weighted by atomic mass is 10.1. The van der Waals surface area contributed by atoms with Crippen molar-refractivity contribution < 1.29 is 4.79 Å². The van der Waals surface area contributed by atoms with Crippen molar-refractivity contribution >= 4 is 5.91 Å². The first-order valence-corrected chi connectivity index (χ1v) is 7.10. The van der Waals surface area contributed by atoms with Gasteiger partial charge < -0.3 is 9.88 Å². The van der Waals surface area contributed by atoms with Gasteiger partial charge in [-0.05, 0) is 24.8 Å². The fraction of sp³-hybridized carbons (Fsp3) is 0.429. The maximum Gasteiger partial charge on any atom is 0.254 e. The van der Waals surface area contributed by atoms with E-state index in [0.717, 1.165) is 18.5 Å². The van der Waals surface area contributed by atoms with Crippen molar-refractivity contribution in [3.63, 3.8) is 0 Å². The van der Waals surface area contributed by atoms with Gasteiger partial charge in [0.25, 0.3) is 5.91 Å². The Hall–Kier alpha value is -2.44. The number of aromatic nitrogens is 4. The Kier molecular flexibility index (Phi) is 2.66. The first-order valence-electron chi connectivity index (χ1n) is 7.10. The Morgan fingerprint density at radius 1 is 1.29 bits per heavy atom. The average molecular weight is 285 g/mol. The van der Waals surface area contributed by atoms with Crippen LogP contribution in [0.25, 0.3) is 0 Å². The van der Waals surface area contributed by atoms with Crippen LogP contribution < -0.4 is 5.56 Å². The van der Waals surface area contributed by atoms with Crippen LogP contribution in [-0.4, -0.2) is 43.9 Å². The van der Waals surface area contributed by atoms with Gasteiger partial charge in [-0.3, -0.25) is 9.59 Å². The van der Waals surface area contributed by atoms with Crippen molar-refractivity contribution in [3.05, 3.63) is 46.1 Å². The van der Waals surface area contributed by atoms with Gasteiger partial charge in [0.05, 0.1) is 12.2 Å². The number of aromatic amines is 1. The molecular formula is C14H15N5O2. The molecule has 3 heterocycles. The van der Waals surface area contributed by atoms with Gasteiger partial charge in [-0.1, -0.05) is 5.21 Å². The topological polar surface area (TPSA) is 83.9 Å². The molecule has 0 unspecified atom stereocenters. The lowest BCUT2D eigenvalue weighted by Crippen LogP contribution is -2.51. The minimum atomic E-state index is -0.198. The molecule has 1 aliphatic heterocycles. The number of H-pyrrole nitrogens is 1. The molecule has 0 aromatic carbocycles. The Bertz CT molecular complexity index is 726. The predicted octanol–water partition coefficient (Wildman–Crippen LogP) is 0.541. The van der Waals surface area contributed by atoms with E-state index in [9.17, 15) is 9.59 Å². The van der Waals surface area contributed by atoms with Crippen molar-refractivity contribution in [2.75, 3.05) is 13.1 Å². The number of nitrogens with one attached hydrogen (secondary N) is 1. The third-order valence-electron chi connectivity index (χ3n) is 4.09. The second kappa shape index (κ2) is 4.54. The molecule has 1 saturated heterocycles. The molecule has 0 atom stereocenters. The largest absolute Gasteiger partial charge is 0.334 e. The van der Waals surface area contributed by atoms with E-state index in [1.165, 1.54) is 6.07 Å². The van der Waals surface area contributed by atoms with Gasteiger partial charge >= 0.3 is 0 Å². The summed E-state index contributed by atoms with van der Waals surface area (Å²) in [7, 11) is 0. The van der Waals surface area contributed by atoms with Crippen molar-refractivity contribution in [1.82, 2.24) is 24.9 Å².